The van der Waals surface area contributed by atoms with Crippen LogP contribution in [0.1, 0.15) is 15.9 Å². The van der Waals surface area contributed by atoms with Crippen molar-refractivity contribution in [3.05, 3.63) is 58.6 Å². The molecule has 0 unspecified atom stereocenters. The van der Waals surface area contributed by atoms with Gasteiger partial charge in [0.15, 0.2) is 6.29 Å². The van der Waals surface area contributed by atoms with Crippen molar-refractivity contribution in [2.24, 2.45) is 0 Å². The molecule has 0 N–H and O–H groups in total. The van der Waals surface area contributed by atoms with E-state index >= 15 is 0 Å². The average Bonchev–Trinajstić information content (AvgIpc) is 2.31. The Balaban J connectivity index is 2.48. The second-order valence-corrected chi connectivity index (χ2v) is 4.13. The SMILES string of the molecule is Cc1ccc(-c2ccc(Cl)c(C=O)c2)cc1. The number of carbonyl (C=O) groups excluding carboxylic acids is 1. The molecule has 0 heterocycles. The summed E-state index contributed by atoms with van der Waals surface area (Å²) in [5.41, 5.74) is 3.84. The number of carbonyl (C=O) groups is 1. The van der Waals surface area contributed by atoms with E-state index in [0.29, 0.717) is 10.6 Å². The summed E-state index contributed by atoms with van der Waals surface area (Å²) in [6.07, 6.45) is 0.778. The second-order valence-electron chi connectivity index (χ2n) is 3.72. The van der Waals surface area contributed by atoms with Gasteiger partial charge in [0.1, 0.15) is 0 Å². The fraction of sp³-hybridized carbons (Fsp3) is 0.0714. The van der Waals surface area contributed by atoms with Gasteiger partial charge in [0, 0.05) is 5.56 Å². The van der Waals surface area contributed by atoms with Crippen LogP contribution in [0.3, 0.4) is 0 Å². The first-order valence-electron chi connectivity index (χ1n) is 5.02. The fourth-order valence-corrected chi connectivity index (χ4v) is 1.72. The summed E-state index contributed by atoms with van der Waals surface area (Å²) in [5.74, 6) is 0. The van der Waals surface area contributed by atoms with E-state index in [1.165, 1.54) is 5.56 Å². The van der Waals surface area contributed by atoms with E-state index < -0.39 is 0 Å². The first-order chi connectivity index (χ1) is 7.70. The Bertz CT molecular complexity index is 515. The predicted molar refractivity (Wildman–Crippen MR) is 67.0 cm³/mol. The van der Waals surface area contributed by atoms with Gasteiger partial charge < -0.3 is 0 Å². The number of aldehydes is 1. The van der Waals surface area contributed by atoms with Crippen LogP contribution in [0.25, 0.3) is 11.1 Å². The molecule has 2 aromatic carbocycles. The van der Waals surface area contributed by atoms with Gasteiger partial charge in [-0.05, 0) is 30.2 Å². The third-order valence-electron chi connectivity index (χ3n) is 2.51. The largest absolute Gasteiger partial charge is 0.298 e. The summed E-state index contributed by atoms with van der Waals surface area (Å²) in [5, 5.41) is 0.492. The minimum absolute atomic E-state index is 0.492. The van der Waals surface area contributed by atoms with Crippen molar-refractivity contribution in [1.29, 1.82) is 0 Å². The van der Waals surface area contributed by atoms with Crippen molar-refractivity contribution in [3.8, 4) is 11.1 Å². The predicted octanol–water partition coefficient (Wildman–Crippen LogP) is 4.13. The quantitative estimate of drug-likeness (QED) is 0.709. The molecule has 0 bridgehead atoms. The van der Waals surface area contributed by atoms with Gasteiger partial charge in [-0.1, -0.05) is 47.5 Å². The third kappa shape index (κ3) is 2.15. The summed E-state index contributed by atoms with van der Waals surface area (Å²) in [6.45, 7) is 2.04. The summed E-state index contributed by atoms with van der Waals surface area (Å²) >= 11 is 5.88. The molecule has 2 rings (SSSR count). The number of hydrogen-bond acceptors (Lipinski definition) is 1. The number of benzene rings is 2. The first kappa shape index (κ1) is 10.9. The zero-order chi connectivity index (χ0) is 11.5. The molecule has 0 amide bonds. The maximum atomic E-state index is 10.8. The standard InChI is InChI=1S/C14H11ClO/c1-10-2-4-11(5-3-10)12-6-7-14(15)13(8-12)9-16/h2-9H,1H3. The lowest BCUT2D eigenvalue weighted by Gasteiger charge is -2.04. The highest BCUT2D eigenvalue weighted by atomic mass is 35.5. The Labute approximate surface area is 99.7 Å². The lowest BCUT2D eigenvalue weighted by Crippen LogP contribution is -1.84. The molecule has 0 atom stereocenters. The Kier molecular flexibility index (Phi) is 3.07. The van der Waals surface area contributed by atoms with Gasteiger partial charge in [-0.3, -0.25) is 4.79 Å². The Hall–Kier alpha value is -1.60. The van der Waals surface area contributed by atoms with E-state index in [1.54, 1.807) is 12.1 Å². The van der Waals surface area contributed by atoms with Crippen LogP contribution in [0.15, 0.2) is 42.5 Å². The van der Waals surface area contributed by atoms with Gasteiger partial charge in [-0.2, -0.15) is 0 Å². The minimum Gasteiger partial charge on any atom is -0.298 e. The van der Waals surface area contributed by atoms with Crippen molar-refractivity contribution in [3.63, 3.8) is 0 Å². The van der Waals surface area contributed by atoms with Gasteiger partial charge in [0.25, 0.3) is 0 Å². The molecule has 0 fully saturated rings. The highest BCUT2D eigenvalue weighted by molar-refractivity contribution is 6.33. The van der Waals surface area contributed by atoms with Crippen LogP contribution in [0.2, 0.25) is 5.02 Å². The fourth-order valence-electron chi connectivity index (χ4n) is 1.56. The summed E-state index contributed by atoms with van der Waals surface area (Å²) < 4.78 is 0. The molecule has 0 saturated heterocycles. The lowest BCUT2D eigenvalue weighted by molar-refractivity contribution is 0.112. The Morgan fingerprint density at radius 3 is 2.25 bits per heavy atom. The number of rotatable bonds is 2. The molecule has 80 valence electrons. The maximum absolute atomic E-state index is 10.8. The average molecular weight is 231 g/mol. The zero-order valence-corrected chi connectivity index (χ0v) is 9.66. The van der Waals surface area contributed by atoms with Crippen LogP contribution in [-0.4, -0.2) is 6.29 Å². The van der Waals surface area contributed by atoms with Gasteiger partial charge >= 0.3 is 0 Å². The summed E-state index contributed by atoms with van der Waals surface area (Å²) in [4.78, 5) is 10.8. The molecule has 0 radical (unpaired) electrons. The minimum atomic E-state index is 0.492. The summed E-state index contributed by atoms with van der Waals surface area (Å²) in [6, 6.07) is 13.6. The monoisotopic (exact) mass is 230 g/mol. The van der Waals surface area contributed by atoms with Crippen LogP contribution in [-0.2, 0) is 0 Å². The molecule has 0 spiro atoms. The lowest BCUT2D eigenvalue weighted by atomic mass is 10.0. The van der Waals surface area contributed by atoms with Crippen LogP contribution in [0.4, 0.5) is 0 Å². The van der Waals surface area contributed by atoms with Crippen molar-refractivity contribution in [1.82, 2.24) is 0 Å². The number of aryl methyl sites for hydroxylation is 1. The van der Waals surface area contributed by atoms with Gasteiger partial charge in [-0.15, -0.1) is 0 Å². The van der Waals surface area contributed by atoms with E-state index in [4.69, 9.17) is 11.6 Å². The molecule has 0 aliphatic heterocycles. The number of halogens is 1. The van der Waals surface area contributed by atoms with E-state index in [9.17, 15) is 4.79 Å². The van der Waals surface area contributed by atoms with E-state index in [-0.39, 0.29) is 0 Å². The topological polar surface area (TPSA) is 17.1 Å². The Morgan fingerprint density at radius 2 is 1.62 bits per heavy atom. The molecule has 1 nitrogen and oxygen atoms in total. The highest BCUT2D eigenvalue weighted by Crippen LogP contribution is 2.24. The Morgan fingerprint density at radius 1 is 1.00 bits per heavy atom. The molecule has 0 aromatic heterocycles. The molecule has 16 heavy (non-hydrogen) atoms. The molecular formula is C14H11ClO. The molecule has 0 saturated carbocycles. The second kappa shape index (κ2) is 4.50. The smallest absolute Gasteiger partial charge is 0.151 e. The van der Waals surface area contributed by atoms with E-state index in [1.807, 2.05) is 37.3 Å². The van der Waals surface area contributed by atoms with Crippen molar-refractivity contribution in [2.45, 2.75) is 6.92 Å². The van der Waals surface area contributed by atoms with E-state index in [2.05, 4.69) is 0 Å². The number of hydrogen-bond donors (Lipinski definition) is 0. The molecule has 0 aliphatic rings. The highest BCUT2D eigenvalue weighted by Gasteiger charge is 2.02. The van der Waals surface area contributed by atoms with Crippen molar-refractivity contribution >= 4 is 17.9 Å². The van der Waals surface area contributed by atoms with Crippen LogP contribution in [0, 0.1) is 6.92 Å². The molecule has 0 aliphatic carbocycles. The van der Waals surface area contributed by atoms with Gasteiger partial charge in [-0.25, -0.2) is 0 Å². The van der Waals surface area contributed by atoms with Crippen molar-refractivity contribution in [2.75, 3.05) is 0 Å². The van der Waals surface area contributed by atoms with Gasteiger partial charge in [0.05, 0.1) is 5.02 Å². The normalized spacial score (nSPS) is 10.1. The summed E-state index contributed by atoms with van der Waals surface area (Å²) in [7, 11) is 0. The molecule has 2 heteroatoms. The van der Waals surface area contributed by atoms with Crippen LogP contribution >= 0.6 is 11.6 Å². The van der Waals surface area contributed by atoms with E-state index in [0.717, 1.165) is 17.4 Å². The first-order valence-corrected chi connectivity index (χ1v) is 5.40. The van der Waals surface area contributed by atoms with Gasteiger partial charge in [0.2, 0.25) is 0 Å². The van der Waals surface area contributed by atoms with Crippen LogP contribution < -0.4 is 0 Å². The third-order valence-corrected chi connectivity index (χ3v) is 2.85. The molecular weight excluding hydrogens is 220 g/mol. The maximum Gasteiger partial charge on any atom is 0.151 e. The van der Waals surface area contributed by atoms with Crippen molar-refractivity contribution < 1.29 is 4.79 Å². The van der Waals surface area contributed by atoms with Crippen LogP contribution in [0.5, 0.6) is 0 Å². The zero-order valence-electron chi connectivity index (χ0n) is 8.91. The molecule has 2 aromatic rings.